The molecule has 0 radical (unpaired) electrons. The average Bonchev–Trinajstić information content (AvgIpc) is 1.59. The number of pyridine rings is 2. The highest BCUT2D eigenvalue weighted by atomic mass is 32.2. The number of piperazine rings is 1. The van der Waals surface area contributed by atoms with Gasteiger partial charge in [-0.2, -0.15) is 4.98 Å². The number of nitrogens with zero attached hydrogens (tertiary/aromatic N) is 8. The molecule has 6 aromatic rings. The highest BCUT2D eigenvalue weighted by Crippen LogP contribution is 2.54. The summed E-state index contributed by atoms with van der Waals surface area (Å²) in [5.74, 6) is 1.77. The first kappa shape index (κ1) is 58.4. The van der Waals surface area contributed by atoms with Crippen molar-refractivity contribution in [3.05, 3.63) is 110 Å². The molecule has 1 amide bonds. The number of nitro groups is 1. The number of anilines is 5. The van der Waals surface area contributed by atoms with Gasteiger partial charge in [0.15, 0.2) is 11.6 Å². The van der Waals surface area contributed by atoms with Crippen LogP contribution in [0.4, 0.5) is 34.3 Å². The third-order valence-corrected chi connectivity index (χ3v) is 21.9. The number of thiophene rings is 1. The summed E-state index contributed by atoms with van der Waals surface area (Å²) in [6.45, 7) is 15.9. The molecule has 4 aromatic heterocycles. The van der Waals surface area contributed by atoms with Crippen LogP contribution >= 0.6 is 11.3 Å². The van der Waals surface area contributed by atoms with E-state index in [9.17, 15) is 28.4 Å². The van der Waals surface area contributed by atoms with E-state index in [-0.39, 0.29) is 34.7 Å². The number of fused-ring (bicyclic) bond motifs is 3. The maximum absolute atomic E-state index is 14.9. The molecule has 23 heteroatoms. The van der Waals surface area contributed by atoms with Crippen molar-refractivity contribution in [3.63, 3.8) is 0 Å². The third-order valence-electron chi connectivity index (χ3n) is 19.5. The van der Waals surface area contributed by atoms with E-state index in [1.54, 1.807) is 13.2 Å². The number of carbonyl (C=O) groups excluding carboxylic acids is 1. The summed E-state index contributed by atoms with van der Waals surface area (Å²) in [6, 6.07) is 18.1. The fraction of sp³-hybridized carbons (Fsp3) is 0.540. The first-order valence-electron chi connectivity index (χ1n) is 30.6. The number of hydrogen-bond acceptors (Lipinski definition) is 19. The zero-order valence-corrected chi connectivity index (χ0v) is 51.2. The molecule has 9 heterocycles. The minimum Gasteiger partial charge on any atom is -0.493 e. The van der Waals surface area contributed by atoms with E-state index >= 15 is 0 Å². The molecule has 21 nitrogen and oxygen atoms in total. The molecule has 13 rings (SSSR count). The Balaban J connectivity index is 0.739. The molecule has 1 spiro atoms. The molecule has 0 unspecified atom stereocenters. The number of nitrogens with one attached hydrogen (secondary N) is 3. The molecule has 6 fully saturated rings. The predicted octanol–water partition coefficient (Wildman–Crippen LogP) is 9.36. The number of aromatic nitrogens is 3. The Morgan fingerprint density at radius 2 is 1.74 bits per heavy atom. The lowest BCUT2D eigenvalue weighted by molar-refractivity contribution is -0.384. The van der Waals surface area contributed by atoms with Crippen LogP contribution in [0.2, 0.25) is 0 Å². The molecular formula is C63H79N11O10S2. The molecule has 2 aliphatic carbocycles. The lowest BCUT2D eigenvalue weighted by atomic mass is 9.59. The number of carbonyl (C=O) groups is 1. The van der Waals surface area contributed by atoms with Gasteiger partial charge >= 0.3 is 0 Å². The maximum atomic E-state index is 14.9. The maximum Gasteiger partial charge on any atom is 0.293 e. The van der Waals surface area contributed by atoms with Crippen LogP contribution in [0, 0.1) is 21.4 Å². The van der Waals surface area contributed by atoms with Gasteiger partial charge in [0.05, 0.1) is 65.7 Å². The van der Waals surface area contributed by atoms with Gasteiger partial charge in [-0.3, -0.25) is 24.7 Å². The number of rotatable bonds is 16. The van der Waals surface area contributed by atoms with Gasteiger partial charge in [-0.25, -0.2) is 18.1 Å². The smallest absolute Gasteiger partial charge is 0.293 e. The number of aliphatic hydroxyl groups is 1. The average molecular weight is 1210 g/mol. The fourth-order valence-electron chi connectivity index (χ4n) is 14.6. The summed E-state index contributed by atoms with van der Waals surface area (Å²) in [4.78, 5) is 52.9. The van der Waals surface area contributed by atoms with Crippen LogP contribution in [-0.4, -0.2) is 159 Å². The second kappa shape index (κ2) is 23.8. The lowest BCUT2D eigenvalue weighted by Gasteiger charge is -2.58. The Bertz CT molecular complexity index is 3580. The zero-order chi connectivity index (χ0) is 59.5. The van der Waals surface area contributed by atoms with Crippen molar-refractivity contribution in [2.24, 2.45) is 11.3 Å². The predicted molar refractivity (Wildman–Crippen MR) is 331 cm³/mol. The van der Waals surface area contributed by atoms with Gasteiger partial charge < -0.3 is 49.1 Å². The molecule has 3 atom stereocenters. The van der Waals surface area contributed by atoms with Crippen molar-refractivity contribution in [1.29, 1.82) is 0 Å². The van der Waals surface area contributed by atoms with E-state index in [4.69, 9.17) is 28.9 Å². The van der Waals surface area contributed by atoms with E-state index < -0.39 is 43.1 Å². The molecule has 86 heavy (non-hydrogen) atoms. The first-order chi connectivity index (χ1) is 41.5. The third kappa shape index (κ3) is 11.7. The summed E-state index contributed by atoms with van der Waals surface area (Å²) in [5, 5.41) is 29.2. The highest BCUT2D eigenvalue weighted by Gasteiger charge is 2.51. The van der Waals surface area contributed by atoms with Crippen LogP contribution in [0.1, 0.15) is 117 Å². The Hall–Kier alpha value is -6.60. The monoisotopic (exact) mass is 1210 g/mol. The number of ether oxygens (including phenoxy) is 4. The number of aromatic amines is 1. The number of nitro benzene ring substituents is 1. The van der Waals surface area contributed by atoms with Crippen molar-refractivity contribution in [2.45, 2.75) is 126 Å². The van der Waals surface area contributed by atoms with Crippen molar-refractivity contribution in [3.8, 4) is 11.6 Å². The normalized spacial score (nSPS) is 24.7. The number of morpholine rings is 1. The summed E-state index contributed by atoms with van der Waals surface area (Å²) >= 11 is 1.89. The van der Waals surface area contributed by atoms with Crippen LogP contribution < -0.4 is 34.2 Å². The van der Waals surface area contributed by atoms with E-state index in [0.717, 1.165) is 125 Å². The van der Waals surface area contributed by atoms with Gasteiger partial charge in [0.25, 0.3) is 21.6 Å². The van der Waals surface area contributed by atoms with Gasteiger partial charge in [-0.15, -0.1) is 11.3 Å². The number of benzene rings is 2. The fourth-order valence-corrected chi connectivity index (χ4v) is 16.7. The van der Waals surface area contributed by atoms with Crippen molar-refractivity contribution >= 4 is 72.6 Å². The van der Waals surface area contributed by atoms with Gasteiger partial charge in [-0.05, 0) is 153 Å². The Kier molecular flexibility index (Phi) is 16.2. The van der Waals surface area contributed by atoms with Gasteiger partial charge in [-0.1, -0.05) is 13.8 Å². The number of H-pyrrole nitrogens is 1. The zero-order valence-electron chi connectivity index (χ0n) is 49.5. The highest BCUT2D eigenvalue weighted by molar-refractivity contribution is 7.90. The second-order valence-electron chi connectivity index (χ2n) is 25.5. The molecule has 4 N–H and O–H groups in total. The molecule has 458 valence electrons. The van der Waals surface area contributed by atoms with Crippen LogP contribution in [0.25, 0.3) is 11.0 Å². The van der Waals surface area contributed by atoms with Crippen molar-refractivity contribution in [1.82, 2.24) is 29.5 Å². The number of piperidine rings is 1. The topological polar surface area (TPSA) is 233 Å². The lowest BCUT2D eigenvalue weighted by Crippen LogP contribution is -2.59. The minimum absolute atomic E-state index is 0.109. The molecule has 2 aromatic carbocycles. The van der Waals surface area contributed by atoms with Crippen molar-refractivity contribution in [2.75, 3.05) is 106 Å². The van der Waals surface area contributed by atoms with E-state index in [1.165, 1.54) is 22.6 Å². The molecular weight excluding hydrogens is 1130 g/mol. The number of hydrogen-bond donors (Lipinski definition) is 4. The van der Waals surface area contributed by atoms with E-state index in [0.29, 0.717) is 87.1 Å². The molecule has 5 aliphatic heterocycles. The van der Waals surface area contributed by atoms with Crippen LogP contribution in [0.3, 0.4) is 0 Å². The summed E-state index contributed by atoms with van der Waals surface area (Å²) in [5.41, 5.74) is 4.61. The van der Waals surface area contributed by atoms with E-state index in [2.05, 4.69) is 70.9 Å². The largest absolute Gasteiger partial charge is 0.493 e. The number of amides is 1. The molecule has 4 saturated heterocycles. The first-order valence-corrected chi connectivity index (χ1v) is 33.0. The summed E-state index contributed by atoms with van der Waals surface area (Å²) in [6.07, 6.45) is 11.0. The van der Waals surface area contributed by atoms with Crippen LogP contribution in [-0.2, 0) is 26.0 Å². The van der Waals surface area contributed by atoms with Crippen LogP contribution in [0.5, 0.6) is 11.6 Å². The van der Waals surface area contributed by atoms with Gasteiger partial charge in [0.2, 0.25) is 5.88 Å². The summed E-state index contributed by atoms with van der Waals surface area (Å²) in [7, 11) is -2.92. The SMILES string of the molecule is COc1cc(CN2CCN(C3CC4(CCN(c5ccc(C(=O)NS(=O)(=O)c6ccc(NCC7CCC(C)(O)CC7)c([N+](=O)[O-])c6)c(N6c7cc8cc[nH]c8nc7O[C@H]7COCC[C@@H]76)c5)CC4)C3)[C@H](c3sccc3C(C)C)C2)cnc1N1CCOCC1. The molecule has 0 bridgehead atoms. The van der Waals surface area contributed by atoms with E-state index in [1.807, 2.05) is 54.9 Å². The Morgan fingerprint density at radius 1 is 0.942 bits per heavy atom. The van der Waals surface area contributed by atoms with Gasteiger partial charge in [0, 0.05) is 106 Å². The minimum atomic E-state index is -4.65. The van der Waals surface area contributed by atoms with Crippen LogP contribution in [0.15, 0.2) is 83.3 Å². The molecule has 2 saturated carbocycles. The standard InChI is InChI=1S/C63H79N11O10S2/c1-40(2)47-13-28-85-57(47)54-38-69(37-42-29-55(81-4)59(66-36-42)71-23-26-82-27-24-71)21-22-72(54)45-33-63(34-45)16-19-70(20-17-63)44-5-7-48(51(31-44)73-50-12-25-83-39-56(50)84-61-53(73)30-43-11-18-64-58(43)67-61)60(75)68-86(79,80)46-6-8-49(52(32-46)74(77)78)65-35-41-9-14-62(3,76)15-10-41/h5-8,11,13,18,28-32,36,40-41,45,50,54,56,65,76H,9-10,12,14-17,19-27,33-35,37-39H2,1-4H3,(H,64,67)(H,68,75)/t41?,50-,54-,56-,62?/m0/s1. The Labute approximate surface area is 506 Å². The second-order valence-corrected chi connectivity index (χ2v) is 28.1. The Morgan fingerprint density at radius 3 is 2.51 bits per heavy atom. The van der Waals surface area contributed by atoms with Crippen molar-refractivity contribution < 1.29 is 42.2 Å². The van der Waals surface area contributed by atoms with Gasteiger partial charge in [0.1, 0.15) is 23.1 Å². The quantitative estimate of drug-likeness (QED) is 0.0522. The number of methoxy groups -OCH3 is 1. The number of sulfonamides is 1. The summed E-state index contributed by atoms with van der Waals surface area (Å²) < 4.78 is 55.0. The molecule has 7 aliphatic rings.